The van der Waals surface area contributed by atoms with Crippen LogP contribution < -0.4 is 0 Å². The molecule has 2 rings (SSSR count). The number of carbonyl (C=O) groups is 1. The van der Waals surface area contributed by atoms with Gasteiger partial charge in [0.2, 0.25) is 5.88 Å². The van der Waals surface area contributed by atoms with Crippen LogP contribution in [-0.2, 0) is 0 Å². The Kier molecular flexibility index (Phi) is 1.63. The van der Waals surface area contributed by atoms with E-state index in [1.54, 1.807) is 17.0 Å². The van der Waals surface area contributed by atoms with Crippen LogP contribution in [-0.4, -0.2) is 20.8 Å². The van der Waals surface area contributed by atoms with Gasteiger partial charge in [0.1, 0.15) is 0 Å². The van der Waals surface area contributed by atoms with Gasteiger partial charge in [-0.05, 0) is 12.1 Å². The molecule has 0 spiro atoms. The summed E-state index contributed by atoms with van der Waals surface area (Å²) in [6.07, 6.45) is 3.48. The number of carboxylic acid groups (broad SMARTS) is 1. The average molecular weight is 178 g/mol. The highest BCUT2D eigenvalue weighted by Crippen LogP contribution is 2.09. The third-order valence-electron chi connectivity index (χ3n) is 1.58. The van der Waals surface area contributed by atoms with E-state index in [-0.39, 0.29) is 5.69 Å². The summed E-state index contributed by atoms with van der Waals surface area (Å²) >= 11 is 0. The van der Waals surface area contributed by atoms with Crippen molar-refractivity contribution in [1.29, 1.82) is 0 Å². The summed E-state index contributed by atoms with van der Waals surface area (Å²) < 4.78 is 6.44. The summed E-state index contributed by atoms with van der Waals surface area (Å²) in [4.78, 5) is 10.5. The van der Waals surface area contributed by atoms with Crippen molar-refractivity contribution in [2.45, 2.75) is 0 Å². The zero-order valence-corrected chi connectivity index (χ0v) is 6.54. The normalized spacial score (nSPS) is 10.2. The highest BCUT2D eigenvalue weighted by atomic mass is 16.5. The SMILES string of the molecule is O=C(O)c1cc(-n2cccc2)on1. The molecular weight excluding hydrogens is 172 g/mol. The third kappa shape index (κ3) is 1.31. The molecule has 0 aliphatic rings. The molecular formula is C8H6N2O3. The van der Waals surface area contributed by atoms with Gasteiger partial charge in [0, 0.05) is 18.5 Å². The molecule has 0 aliphatic carbocycles. The Morgan fingerprint density at radius 3 is 2.69 bits per heavy atom. The third-order valence-corrected chi connectivity index (χ3v) is 1.58. The summed E-state index contributed by atoms with van der Waals surface area (Å²) in [5.41, 5.74) is -0.0938. The Labute approximate surface area is 73.2 Å². The first-order valence-corrected chi connectivity index (χ1v) is 3.61. The summed E-state index contributed by atoms with van der Waals surface area (Å²) in [7, 11) is 0. The first-order valence-electron chi connectivity index (χ1n) is 3.61. The molecule has 5 nitrogen and oxygen atoms in total. The average Bonchev–Trinajstić information content (AvgIpc) is 2.75. The zero-order chi connectivity index (χ0) is 9.26. The van der Waals surface area contributed by atoms with E-state index in [0.29, 0.717) is 5.88 Å². The second-order valence-electron chi connectivity index (χ2n) is 2.45. The van der Waals surface area contributed by atoms with Crippen LogP contribution in [0, 0.1) is 0 Å². The van der Waals surface area contributed by atoms with Crippen molar-refractivity contribution in [3.8, 4) is 5.88 Å². The number of hydrogen-bond acceptors (Lipinski definition) is 3. The summed E-state index contributed by atoms with van der Waals surface area (Å²) in [6.45, 7) is 0. The van der Waals surface area contributed by atoms with Crippen LogP contribution in [0.2, 0.25) is 0 Å². The molecule has 1 N–H and O–H groups in total. The van der Waals surface area contributed by atoms with Crippen molar-refractivity contribution in [2.75, 3.05) is 0 Å². The van der Waals surface area contributed by atoms with Crippen molar-refractivity contribution in [1.82, 2.24) is 9.72 Å². The predicted molar refractivity (Wildman–Crippen MR) is 42.8 cm³/mol. The van der Waals surface area contributed by atoms with Crippen LogP contribution in [0.1, 0.15) is 10.5 Å². The summed E-state index contributed by atoms with van der Waals surface area (Å²) in [5, 5.41) is 11.9. The van der Waals surface area contributed by atoms with Crippen molar-refractivity contribution >= 4 is 5.97 Å². The zero-order valence-electron chi connectivity index (χ0n) is 6.54. The molecule has 2 aromatic rings. The van der Waals surface area contributed by atoms with Crippen LogP contribution in [0.15, 0.2) is 35.1 Å². The molecule has 0 saturated carbocycles. The minimum Gasteiger partial charge on any atom is -0.476 e. The van der Waals surface area contributed by atoms with Crippen molar-refractivity contribution in [3.63, 3.8) is 0 Å². The molecule has 2 aromatic heterocycles. The van der Waals surface area contributed by atoms with E-state index in [4.69, 9.17) is 9.63 Å². The van der Waals surface area contributed by atoms with E-state index < -0.39 is 5.97 Å². The van der Waals surface area contributed by atoms with Crippen molar-refractivity contribution in [2.24, 2.45) is 0 Å². The van der Waals surface area contributed by atoms with Crippen molar-refractivity contribution < 1.29 is 14.4 Å². The van der Waals surface area contributed by atoms with Gasteiger partial charge in [-0.1, -0.05) is 5.16 Å². The molecule has 13 heavy (non-hydrogen) atoms. The second kappa shape index (κ2) is 2.78. The van der Waals surface area contributed by atoms with Crippen LogP contribution >= 0.6 is 0 Å². The van der Waals surface area contributed by atoms with E-state index in [2.05, 4.69) is 5.16 Å². The van der Waals surface area contributed by atoms with Gasteiger partial charge in [-0.2, -0.15) is 0 Å². The second-order valence-corrected chi connectivity index (χ2v) is 2.45. The van der Waals surface area contributed by atoms with E-state index in [0.717, 1.165) is 0 Å². The Balaban J connectivity index is 2.39. The fourth-order valence-corrected chi connectivity index (χ4v) is 0.970. The number of aromatic nitrogens is 2. The molecule has 5 heteroatoms. The number of aromatic carboxylic acids is 1. The summed E-state index contributed by atoms with van der Waals surface area (Å²) in [5.74, 6) is -0.704. The fraction of sp³-hybridized carbons (Fsp3) is 0. The maximum atomic E-state index is 10.5. The van der Waals surface area contributed by atoms with Gasteiger partial charge in [0.05, 0.1) is 0 Å². The molecule has 0 saturated heterocycles. The van der Waals surface area contributed by atoms with Crippen molar-refractivity contribution in [3.05, 3.63) is 36.3 Å². The number of hydrogen-bond donors (Lipinski definition) is 1. The molecule has 66 valence electrons. The monoisotopic (exact) mass is 178 g/mol. The predicted octanol–water partition coefficient (Wildman–Crippen LogP) is 1.16. The van der Waals surface area contributed by atoms with Gasteiger partial charge in [0.25, 0.3) is 0 Å². The molecule has 0 atom stereocenters. The lowest BCUT2D eigenvalue weighted by molar-refractivity contribution is 0.0686. The van der Waals surface area contributed by atoms with Gasteiger partial charge in [-0.25, -0.2) is 4.79 Å². The van der Waals surface area contributed by atoms with Gasteiger partial charge in [-0.3, -0.25) is 4.57 Å². The standard InChI is InChI=1S/C8H6N2O3/c11-8(12)6-5-7(13-9-6)10-3-1-2-4-10/h1-5H,(H,11,12). The first kappa shape index (κ1) is 7.60. The van der Waals surface area contributed by atoms with E-state index in [1.165, 1.54) is 6.07 Å². The lowest BCUT2D eigenvalue weighted by atomic mass is 10.4. The van der Waals surface area contributed by atoms with Crippen LogP contribution in [0.5, 0.6) is 0 Å². The van der Waals surface area contributed by atoms with Gasteiger partial charge in [-0.15, -0.1) is 0 Å². The Morgan fingerprint density at radius 1 is 1.46 bits per heavy atom. The first-order chi connectivity index (χ1) is 6.27. The lowest BCUT2D eigenvalue weighted by Gasteiger charge is -1.91. The van der Waals surface area contributed by atoms with Gasteiger partial charge >= 0.3 is 5.97 Å². The quantitative estimate of drug-likeness (QED) is 0.749. The number of carboxylic acids is 1. The van der Waals surface area contributed by atoms with Gasteiger partial charge < -0.3 is 9.63 Å². The highest BCUT2D eigenvalue weighted by molar-refractivity contribution is 5.85. The van der Waals surface area contributed by atoms with Gasteiger partial charge in [0.15, 0.2) is 5.69 Å². The van der Waals surface area contributed by atoms with E-state index in [1.807, 2.05) is 12.1 Å². The molecule has 0 aliphatic heterocycles. The highest BCUT2D eigenvalue weighted by Gasteiger charge is 2.10. The molecule has 2 heterocycles. The maximum Gasteiger partial charge on any atom is 0.358 e. The Morgan fingerprint density at radius 2 is 2.15 bits per heavy atom. The van der Waals surface area contributed by atoms with E-state index >= 15 is 0 Å². The lowest BCUT2D eigenvalue weighted by Crippen LogP contribution is -1.94. The molecule has 0 amide bonds. The number of rotatable bonds is 2. The summed E-state index contributed by atoms with van der Waals surface area (Å²) in [6, 6.07) is 4.98. The van der Waals surface area contributed by atoms with E-state index in [9.17, 15) is 4.79 Å². The molecule has 0 aromatic carbocycles. The number of nitrogens with zero attached hydrogens (tertiary/aromatic N) is 2. The van der Waals surface area contributed by atoms with Crippen LogP contribution in [0.4, 0.5) is 0 Å². The Bertz CT molecular complexity index is 416. The molecule has 0 bridgehead atoms. The largest absolute Gasteiger partial charge is 0.476 e. The Hall–Kier alpha value is -2.04. The maximum absolute atomic E-state index is 10.5. The minimum atomic E-state index is -1.10. The molecule has 0 radical (unpaired) electrons. The molecule has 0 unspecified atom stereocenters. The smallest absolute Gasteiger partial charge is 0.358 e. The minimum absolute atomic E-state index is 0.0938. The fourth-order valence-electron chi connectivity index (χ4n) is 0.970. The van der Waals surface area contributed by atoms with Crippen LogP contribution in [0.3, 0.4) is 0 Å². The van der Waals surface area contributed by atoms with Crippen LogP contribution in [0.25, 0.3) is 5.88 Å². The molecule has 0 fully saturated rings. The topological polar surface area (TPSA) is 68.3 Å².